The van der Waals surface area contributed by atoms with Crippen LogP contribution in [0.1, 0.15) is 22.5 Å². The Balaban J connectivity index is 2.15. The molecule has 4 nitrogen and oxygen atoms in total. The molecular weight excluding hydrogens is 240 g/mol. The van der Waals surface area contributed by atoms with Gasteiger partial charge < -0.3 is 10.0 Å². The first kappa shape index (κ1) is 12.3. The fourth-order valence-electron chi connectivity index (χ4n) is 2.02. The number of carbonyl (C=O) groups is 1. The number of aliphatic hydroxyl groups excluding tert-OH is 1. The van der Waals surface area contributed by atoms with Crippen molar-refractivity contribution in [2.45, 2.75) is 13.3 Å². The molecule has 1 aromatic rings. The SMILES string of the molecule is Cc1cc(Cl)c(C(=O)N2CCC(CO)C2)cn1. The molecule has 0 aliphatic carbocycles. The molecule has 92 valence electrons. The Hall–Kier alpha value is -1.13. The summed E-state index contributed by atoms with van der Waals surface area (Å²) in [4.78, 5) is 18.0. The summed E-state index contributed by atoms with van der Waals surface area (Å²) >= 11 is 6.04. The van der Waals surface area contributed by atoms with E-state index in [1.807, 2.05) is 6.92 Å². The standard InChI is InChI=1S/C12H15ClN2O2/c1-8-4-11(13)10(5-14-8)12(17)15-3-2-9(6-15)7-16/h4-5,9,16H,2-3,6-7H2,1H3. The van der Waals surface area contributed by atoms with Crippen molar-refractivity contribution >= 4 is 17.5 Å². The van der Waals surface area contributed by atoms with Crippen molar-refractivity contribution in [3.8, 4) is 0 Å². The summed E-state index contributed by atoms with van der Waals surface area (Å²) in [6.45, 7) is 3.23. The van der Waals surface area contributed by atoms with Gasteiger partial charge in [0.25, 0.3) is 5.91 Å². The molecule has 0 radical (unpaired) electrons. The van der Waals surface area contributed by atoms with Crippen molar-refractivity contribution < 1.29 is 9.90 Å². The second-order valence-electron chi connectivity index (χ2n) is 4.39. The van der Waals surface area contributed by atoms with Crippen molar-refractivity contribution in [3.63, 3.8) is 0 Å². The lowest BCUT2D eigenvalue weighted by Gasteiger charge is -2.16. The first-order valence-corrected chi connectivity index (χ1v) is 6.02. The van der Waals surface area contributed by atoms with Gasteiger partial charge in [-0.25, -0.2) is 0 Å². The lowest BCUT2D eigenvalue weighted by Crippen LogP contribution is -2.29. The smallest absolute Gasteiger partial charge is 0.256 e. The zero-order valence-corrected chi connectivity index (χ0v) is 10.4. The van der Waals surface area contributed by atoms with Crippen LogP contribution < -0.4 is 0 Å². The molecule has 5 heteroatoms. The van der Waals surface area contributed by atoms with Crippen LogP contribution in [0.4, 0.5) is 0 Å². The van der Waals surface area contributed by atoms with Gasteiger partial charge in [-0.15, -0.1) is 0 Å². The maximum Gasteiger partial charge on any atom is 0.256 e. The summed E-state index contributed by atoms with van der Waals surface area (Å²) in [6.07, 6.45) is 2.37. The lowest BCUT2D eigenvalue weighted by atomic mass is 10.1. The summed E-state index contributed by atoms with van der Waals surface area (Å²) in [6, 6.07) is 1.69. The predicted molar refractivity (Wildman–Crippen MR) is 65.1 cm³/mol. The molecule has 0 bridgehead atoms. The highest BCUT2D eigenvalue weighted by Gasteiger charge is 2.27. The van der Waals surface area contributed by atoms with Crippen LogP contribution in [-0.4, -0.2) is 40.6 Å². The van der Waals surface area contributed by atoms with Crippen LogP contribution in [0, 0.1) is 12.8 Å². The molecule has 17 heavy (non-hydrogen) atoms. The van der Waals surface area contributed by atoms with E-state index in [-0.39, 0.29) is 18.4 Å². The third-order valence-corrected chi connectivity index (χ3v) is 3.36. The third-order valence-electron chi connectivity index (χ3n) is 3.05. The molecule has 1 aliphatic rings. The topological polar surface area (TPSA) is 53.4 Å². The molecule has 1 atom stereocenters. The number of nitrogens with zero attached hydrogens (tertiary/aromatic N) is 2. The Morgan fingerprint density at radius 2 is 2.47 bits per heavy atom. The van der Waals surface area contributed by atoms with Crippen LogP contribution in [0.3, 0.4) is 0 Å². The van der Waals surface area contributed by atoms with Gasteiger partial charge in [-0.2, -0.15) is 0 Å². The Morgan fingerprint density at radius 3 is 3.06 bits per heavy atom. The lowest BCUT2D eigenvalue weighted by molar-refractivity contribution is 0.0781. The average Bonchev–Trinajstić information content (AvgIpc) is 2.76. The monoisotopic (exact) mass is 254 g/mol. The number of halogens is 1. The maximum absolute atomic E-state index is 12.2. The number of aryl methyl sites for hydroxylation is 1. The number of aliphatic hydroxyl groups is 1. The van der Waals surface area contributed by atoms with Crippen molar-refractivity contribution in [1.29, 1.82) is 0 Å². The minimum absolute atomic E-state index is 0.0987. The summed E-state index contributed by atoms with van der Waals surface area (Å²) in [5.74, 6) is 0.0922. The van der Waals surface area contributed by atoms with Crippen LogP contribution in [-0.2, 0) is 0 Å². The molecule has 0 aromatic carbocycles. The van der Waals surface area contributed by atoms with Gasteiger partial charge in [0.15, 0.2) is 0 Å². The number of hydrogen-bond acceptors (Lipinski definition) is 3. The normalized spacial score (nSPS) is 19.7. The van der Waals surface area contributed by atoms with E-state index < -0.39 is 0 Å². The van der Waals surface area contributed by atoms with E-state index in [0.717, 1.165) is 12.1 Å². The second-order valence-corrected chi connectivity index (χ2v) is 4.80. The van der Waals surface area contributed by atoms with E-state index in [4.69, 9.17) is 16.7 Å². The van der Waals surface area contributed by atoms with E-state index in [2.05, 4.69) is 4.98 Å². The maximum atomic E-state index is 12.2. The summed E-state index contributed by atoms with van der Waals surface area (Å²) < 4.78 is 0. The number of rotatable bonds is 2. The Labute approximate surface area is 105 Å². The highest BCUT2D eigenvalue weighted by Crippen LogP contribution is 2.22. The molecule has 1 amide bonds. The van der Waals surface area contributed by atoms with Crippen LogP contribution in [0.2, 0.25) is 5.02 Å². The zero-order valence-electron chi connectivity index (χ0n) is 9.69. The highest BCUT2D eigenvalue weighted by atomic mass is 35.5. The largest absolute Gasteiger partial charge is 0.396 e. The van der Waals surface area contributed by atoms with E-state index in [1.54, 1.807) is 11.0 Å². The first-order valence-electron chi connectivity index (χ1n) is 5.64. The van der Waals surface area contributed by atoms with Gasteiger partial charge in [0, 0.05) is 37.5 Å². The van der Waals surface area contributed by atoms with Crippen LogP contribution in [0.5, 0.6) is 0 Å². The van der Waals surface area contributed by atoms with Gasteiger partial charge in [-0.3, -0.25) is 9.78 Å². The Kier molecular flexibility index (Phi) is 3.64. The molecule has 0 spiro atoms. The molecule has 2 rings (SSSR count). The van der Waals surface area contributed by atoms with E-state index >= 15 is 0 Å². The van der Waals surface area contributed by atoms with E-state index in [1.165, 1.54) is 6.20 Å². The molecule has 1 unspecified atom stereocenters. The first-order chi connectivity index (χ1) is 8.11. The van der Waals surface area contributed by atoms with Crippen molar-refractivity contribution in [2.75, 3.05) is 19.7 Å². The fraction of sp³-hybridized carbons (Fsp3) is 0.500. The molecule has 0 saturated carbocycles. The number of pyridine rings is 1. The fourth-order valence-corrected chi connectivity index (χ4v) is 2.31. The Bertz CT molecular complexity index is 437. The zero-order chi connectivity index (χ0) is 12.4. The van der Waals surface area contributed by atoms with Gasteiger partial charge >= 0.3 is 0 Å². The molecule has 2 heterocycles. The third kappa shape index (κ3) is 2.58. The average molecular weight is 255 g/mol. The van der Waals surface area contributed by atoms with E-state index in [9.17, 15) is 4.79 Å². The highest BCUT2D eigenvalue weighted by molar-refractivity contribution is 6.33. The van der Waals surface area contributed by atoms with Crippen molar-refractivity contribution in [2.24, 2.45) is 5.92 Å². The molecule has 1 aliphatic heterocycles. The molecular formula is C12H15ClN2O2. The molecule has 1 N–H and O–H groups in total. The minimum Gasteiger partial charge on any atom is -0.396 e. The van der Waals surface area contributed by atoms with E-state index in [0.29, 0.717) is 23.7 Å². The van der Waals surface area contributed by atoms with Gasteiger partial charge in [0.1, 0.15) is 0 Å². The van der Waals surface area contributed by atoms with Gasteiger partial charge in [0.05, 0.1) is 10.6 Å². The second kappa shape index (κ2) is 5.02. The van der Waals surface area contributed by atoms with Gasteiger partial charge in [0.2, 0.25) is 0 Å². The van der Waals surface area contributed by atoms with Crippen LogP contribution in [0.15, 0.2) is 12.3 Å². The molecule has 1 fully saturated rings. The van der Waals surface area contributed by atoms with Gasteiger partial charge in [-0.1, -0.05) is 11.6 Å². The van der Waals surface area contributed by atoms with Crippen molar-refractivity contribution in [3.05, 3.63) is 28.5 Å². The number of carbonyl (C=O) groups excluding carboxylic acids is 1. The molecule has 1 aromatic heterocycles. The summed E-state index contributed by atoms with van der Waals surface area (Å²) in [5.41, 5.74) is 1.23. The van der Waals surface area contributed by atoms with Crippen LogP contribution in [0.25, 0.3) is 0 Å². The summed E-state index contributed by atoms with van der Waals surface area (Å²) in [5, 5.41) is 9.49. The quantitative estimate of drug-likeness (QED) is 0.870. The summed E-state index contributed by atoms with van der Waals surface area (Å²) in [7, 11) is 0. The molecule has 1 saturated heterocycles. The van der Waals surface area contributed by atoms with Gasteiger partial charge in [-0.05, 0) is 19.4 Å². The number of likely N-dealkylation sites (tertiary alicyclic amines) is 1. The number of amides is 1. The van der Waals surface area contributed by atoms with Crippen LogP contribution >= 0.6 is 11.6 Å². The number of hydrogen-bond donors (Lipinski definition) is 1. The minimum atomic E-state index is -0.0987. The number of aromatic nitrogens is 1. The van der Waals surface area contributed by atoms with Crippen molar-refractivity contribution in [1.82, 2.24) is 9.88 Å². The Morgan fingerprint density at radius 1 is 1.71 bits per heavy atom. The predicted octanol–water partition coefficient (Wildman–Crippen LogP) is 1.50.